The molecule has 0 fully saturated rings. The van der Waals surface area contributed by atoms with Gasteiger partial charge in [0.05, 0.1) is 16.8 Å². The first-order valence-electron chi connectivity index (χ1n) is 8.28. The van der Waals surface area contributed by atoms with Gasteiger partial charge in [-0.25, -0.2) is 9.82 Å². The van der Waals surface area contributed by atoms with Gasteiger partial charge in [0.2, 0.25) is 0 Å². The van der Waals surface area contributed by atoms with Gasteiger partial charge in [-0.1, -0.05) is 41.9 Å². The van der Waals surface area contributed by atoms with Crippen molar-refractivity contribution in [2.75, 3.05) is 5.32 Å². The first kappa shape index (κ1) is 19.3. The largest absolute Gasteiger partial charge is 0.322 e. The molecular formula is C21H15ClFN3O2. The summed E-state index contributed by atoms with van der Waals surface area (Å²) in [6, 6.07) is 18.8. The molecule has 0 atom stereocenters. The van der Waals surface area contributed by atoms with E-state index in [1.165, 1.54) is 36.5 Å². The molecule has 0 aliphatic rings. The molecule has 0 aromatic heterocycles. The van der Waals surface area contributed by atoms with Crippen LogP contribution in [0.1, 0.15) is 26.3 Å². The van der Waals surface area contributed by atoms with Gasteiger partial charge in [-0.3, -0.25) is 9.59 Å². The van der Waals surface area contributed by atoms with Crippen molar-refractivity contribution < 1.29 is 14.0 Å². The molecule has 0 unspecified atom stereocenters. The fourth-order valence-electron chi connectivity index (χ4n) is 2.36. The number of hydrogen-bond donors (Lipinski definition) is 2. The van der Waals surface area contributed by atoms with Crippen LogP contribution < -0.4 is 10.7 Å². The second-order valence-corrected chi connectivity index (χ2v) is 6.17. The Morgan fingerprint density at radius 1 is 0.929 bits per heavy atom. The van der Waals surface area contributed by atoms with Crippen LogP contribution in [0.5, 0.6) is 0 Å². The molecule has 0 heterocycles. The lowest BCUT2D eigenvalue weighted by atomic mass is 10.1. The standard InChI is InChI=1S/C21H15ClFN3O2/c22-19-7-2-1-6-18(19)21(28)25-17-5-3-4-15(12-17)20(27)26-24-13-14-8-10-16(23)11-9-14/h1-13H,(H,25,28)(H,26,27). The Bertz CT molecular complexity index is 1040. The van der Waals surface area contributed by atoms with E-state index in [1.807, 2.05) is 0 Å². The highest BCUT2D eigenvalue weighted by Crippen LogP contribution is 2.18. The first-order valence-corrected chi connectivity index (χ1v) is 8.65. The maximum atomic E-state index is 12.9. The van der Waals surface area contributed by atoms with E-state index in [2.05, 4.69) is 15.8 Å². The number of amides is 2. The number of carbonyl (C=O) groups is 2. The smallest absolute Gasteiger partial charge is 0.271 e. The topological polar surface area (TPSA) is 70.6 Å². The minimum absolute atomic E-state index is 0.313. The third-order valence-electron chi connectivity index (χ3n) is 3.75. The Labute approximate surface area is 165 Å². The molecule has 0 bridgehead atoms. The van der Waals surface area contributed by atoms with Gasteiger partial charge in [-0.15, -0.1) is 0 Å². The van der Waals surface area contributed by atoms with Crippen LogP contribution >= 0.6 is 11.6 Å². The van der Waals surface area contributed by atoms with Crippen LogP contribution in [-0.2, 0) is 0 Å². The molecule has 2 amide bonds. The molecular weight excluding hydrogens is 381 g/mol. The molecule has 0 radical (unpaired) electrons. The summed E-state index contributed by atoms with van der Waals surface area (Å²) in [7, 11) is 0. The van der Waals surface area contributed by atoms with Crippen LogP contribution in [0, 0.1) is 5.82 Å². The molecule has 2 N–H and O–H groups in total. The normalized spacial score (nSPS) is 10.6. The van der Waals surface area contributed by atoms with Gasteiger partial charge in [-0.2, -0.15) is 5.10 Å². The number of nitrogens with zero attached hydrogens (tertiary/aromatic N) is 1. The second-order valence-electron chi connectivity index (χ2n) is 5.77. The van der Waals surface area contributed by atoms with Crippen LogP contribution in [0.15, 0.2) is 77.9 Å². The Hall–Kier alpha value is -3.51. The van der Waals surface area contributed by atoms with Crippen LogP contribution in [0.3, 0.4) is 0 Å². The molecule has 5 nitrogen and oxygen atoms in total. The van der Waals surface area contributed by atoms with Crippen LogP contribution in [0.2, 0.25) is 5.02 Å². The molecule has 0 aliphatic carbocycles. The average Bonchev–Trinajstić information content (AvgIpc) is 2.70. The Morgan fingerprint density at radius 3 is 2.43 bits per heavy atom. The van der Waals surface area contributed by atoms with E-state index in [9.17, 15) is 14.0 Å². The van der Waals surface area contributed by atoms with Gasteiger partial charge in [0.15, 0.2) is 0 Å². The molecule has 3 aromatic carbocycles. The highest BCUT2D eigenvalue weighted by molar-refractivity contribution is 6.34. The Kier molecular flexibility index (Phi) is 6.14. The molecule has 0 saturated carbocycles. The Balaban J connectivity index is 1.65. The number of rotatable bonds is 5. The van der Waals surface area contributed by atoms with Crippen molar-refractivity contribution in [2.45, 2.75) is 0 Å². The average molecular weight is 396 g/mol. The summed E-state index contributed by atoms with van der Waals surface area (Å²) in [4.78, 5) is 24.6. The highest BCUT2D eigenvalue weighted by Gasteiger charge is 2.11. The van der Waals surface area contributed by atoms with Crippen molar-refractivity contribution in [3.05, 3.63) is 100 Å². The van der Waals surface area contributed by atoms with Gasteiger partial charge >= 0.3 is 0 Å². The van der Waals surface area contributed by atoms with Crippen molar-refractivity contribution in [1.82, 2.24) is 5.43 Å². The summed E-state index contributed by atoms with van der Waals surface area (Å²) in [5.74, 6) is -1.18. The van der Waals surface area contributed by atoms with Gasteiger partial charge in [0.25, 0.3) is 11.8 Å². The lowest BCUT2D eigenvalue weighted by Crippen LogP contribution is -2.18. The molecule has 0 spiro atoms. The minimum Gasteiger partial charge on any atom is -0.322 e. The molecule has 140 valence electrons. The zero-order valence-electron chi connectivity index (χ0n) is 14.5. The lowest BCUT2D eigenvalue weighted by Gasteiger charge is -2.08. The van der Waals surface area contributed by atoms with E-state index in [-0.39, 0.29) is 11.7 Å². The number of hydrogen-bond acceptors (Lipinski definition) is 3. The van der Waals surface area contributed by atoms with E-state index in [4.69, 9.17) is 11.6 Å². The van der Waals surface area contributed by atoms with E-state index >= 15 is 0 Å². The van der Waals surface area contributed by atoms with Crippen molar-refractivity contribution in [3.63, 3.8) is 0 Å². The van der Waals surface area contributed by atoms with Gasteiger partial charge < -0.3 is 5.32 Å². The number of nitrogens with one attached hydrogen (secondary N) is 2. The third-order valence-corrected chi connectivity index (χ3v) is 4.08. The number of carbonyl (C=O) groups excluding carboxylic acids is 2. The van der Waals surface area contributed by atoms with Gasteiger partial charge in [0, 0.05) is 11.3 Å². The molecule has 28 heavy (non-hydrogen) atoms. The number of anilines is 1. The van der Waals surface area contributed by atoms with E-state index < -0.39 is 5.91 Å². The quantitative estimate of drug-likeness (QED) is 0.493. The zero-order chi connectivity index (χ0) is 19.9. The van der Waals surface area contributed by atoms with E-state index in [0.717, 1.165) is 0 Å². The lowest BCUT2D eigenvalue weighted by molar-refractivity contribution is 0.0953. The van der Waals surface area contributed by atoms with Crippen molar-refractivity contribution in [1.29, 1.82) is 0 Å². The minimum atomic E-state index is -0.452. The summed E-state index contributed by atoms with van der Waals surface area (Å²) in [6.07, 6.45) is 1.40. The molecule has 7 heteroatoms. The summed E-state index contributed by atoms with van der Waals surface area (Å²) in [6.45, 7) is 0. The SMILES string of the molecule is O=C(NN=Cc1ccc(F)cc1)c1cccc(NC(=O)c2ccccc2Cl)c1. The first-order chi connectivity index (χ1) is 13.5. The summed E-state index contributed by atoms with van der Waals surface area (Å²) >= 11 is 6.02. The summed E-state index contributed by atoms with van der Waals surface area (Å²) in [5.41, 5.74) is 4.12. The van der Waals surface area contributed by atoms with Crippen molar-refractivity contribution >= 4 is 35.3 Å². The molecule has 3 aromatic rings. The predicted octanol–water partition coefficient (Wildman–Crippen LogP) is 4.50. The third kappa shape index (κ3) is 5.02. The second kappa shape index (κ2) is 8.92. The van der Waals surface area contributed by atoms with E-state index in [0.29, 0.717) is 27.4 Å². The fourth-order valence-corrected chi connectivity index (χ4v) is 2.58. The summed E-state index contributed by atoms with van der Waals surface area (Å²) < 4.78 is 12.9. The monoisotopic (exact) mass is 395 g/mol. The van der Waals surface area contributed by atoms with Crippen molar-refractivity contribution in [3.8, 4) is 0 Å². The fraction of sp³-hybridized carbons (Fsp3) is 0. The maximum absolute atomic E-state index is 12.9. The number of benzene rings is 3. The highest BCUT2D eigenvalue weighted by atomic mass is 35.5. The van der Waals surface area contributed by atoms with Crippen LogP contribution in [0.4, 0.5) is 10.1 Å². The molecule has 3 rings (SSSR count). The van der Waals surface area contributed by atoms with Gasteiger partial charge in [0.1, 0.15) is 5.82 Å². The van der Waals surface area contributed by atoms with E-state index in [1.54, 1.807) is 42.5 Å². The maximum Gasteiger partial charge on any atom is 0.271 e. The predicted molar refractivity (Wildman–Crippen MR) is 107 cm³/mol. The van der Waals surface area contributed by atoms with Crippen molar-refractivity contribution in [2.24, 2.45) is 5.10 Å². The summed E-state index contributed by atoms with van der Waals surface area (Å²) in [5, 5.41) is 6.89. The van der Waals surface area contributed by atoms with Crippen LogP contribution in [0.25, 0.3) is 0 Å². The van der Waals surface area contributed by atoms with Crippen LogP contribution in [-0.4, -0.2) is 18.0 Å². The number of halogens is 2. The Morgan fingerprint density at radius 2 is 1.68 bits per heavy atom. The molecule has 0 saturated heterocycles. The number of hydrazone groups is 1. The zero-order valence-corrected chi connectivity index (χ0v) is 15.3. The van der Waals surface area contributed by atoms with Gasteiger partial charge in [-0.05, 0) is 48.0 Å². The molecule has 0 aliphatic heterocycles.